The number of esters is 1. The lowest BCUT2D eigenvalue weighted by atomic mass is 9.97. The van der Waals surface area contributed by atoms with Gasteiger partial charge in [-0.3, -0.25) is 19.4 Å². The number of ether oxygens (including phenoxy) is 1. The largest absolute Gasteiger partial charge is 0.464 e. The van der Waals surface area contributed by atoms with Gasteiger partial charge < -0.3 is 9.64 Å². The summed E-state index contributed by atoms with van der Waals surface area (Å²) in [4.78, 5) is 31.4. The standard InChI is InChI=1S/C29H47N3O3/c1-5-28(33)32(26-13-11-25(12-14-26)24-9-7-8-10-24)22-27(21-23(3)4)31-17-15-30(16-18-31)19-20-35-29(34)6-2/h11-14,23-24,27H,5-10,15-22H2,1-4H3. The maximum Gasteiger partial charge on any atom is 0.305 e. The summed E-state index contributed by atoms with van der Waals surface area (Å²) >= 11 is 0. The molecule has 2 fully saturated rings. The van der Waals surface area contributed by atoms with Crippen LogP contribution >= 0.6 is 0 Å². The average Bonchev–Trinajstić information content (AvgIpc) is 3.41. The second-order valence-electron chi connectivity index (χ2n) is 10.7. The summed E-state index contributed by atoms with van der Waals surface area (Å²) in [6, 6.07) is 9.18. The lowest BCUT2D eigenvalue weighted by Gasteiger charge is -2.41. The van der Waals surface area contributed by atoms with Crippen molar-refractivity contribution >= 4 is 17.6 Å². The molecule has 0 bridgehead atoms. The van der Waals surface area contributed by atoms with Crippen LogP contribution < -0.4 is 4.90 Å². The molecular weight excluding hydrogens is 438 g/mol. The molecule has 0 spiro atoms. The number of benzene rings is 1. The minimum absolute atomic E-state index is 0.127. The van der Waals surface area contributed by atoms with E-state index in [1.54, 1.807) is 0 Å². The van der Waals surface area contributed by atoms with Crippen LogP contribution in [0, 0.1) is 5.92 Å². The Labute approximate surface area is 213 Å². The van der Waals surface area contributed by atoms with Crippen molar-refractivity contribution in [1.29, 1.82) is 0 Å². The molecule has 1 atom stereocenters. The molecule has 3 rings (SSSR count). The minimum atomic E-state index is -0.127. The van der Waals surface area contributed by atoms with Crippen LogP contribution in [0.2, 0.25) is 0 Å². The van der Waals surface area contributed by atoms with Crippen molar-refractivity contribution in [3.05, 3.63) is 29.8 Å². The van der Waals surface area contributed by atoms with Crippen molar-refractivity contribution in [2.75, 3.05) is 50.8 Å². The number of hydrogen-bond donors (Lipinski definition) is 0. The number of amides is 1. The summed E-state index contributed by atoms with van der Waals surface area (Å²) in [6.07, 6.45) is 7.27. The van der Waals surface area contributed by atoms with Gasteiger partial charge in [-0.2, -0.15) is 0 Å². The second-order valence-corrected chi connectivity index (χ2v) is 10.7. The summed E-state index contributed by atoms with van der Waals surface area (Å²) < 4.78 is 5.26. The van der Waals surface area contributed by atoms with Crippen molar-refractivity contribution < 1.29 is 14.3 Å². The molecule has 1 aliphatic carbocycles. The number of nitrogens with zero attached hydrogens (tertiary/aromatic N) is 3. The number of piperazine rings is 1. The van der Waals surface area contributed by atoms with Gasteiger partial charge >= 0.3 is 5.97 Å². The molecule has 0 N–H and O–H groups in total. The zero-order valence-electron chi connectivity index (χ0n) is 22.5. The summed E-state index contributed by atoms with van der Waals surface area (Å²) in [7, 11) is 0. The Bertz CT molecular complexity index is 781. The first-order valence-electron chi connectivity index (χ1n) is 13.9. The predicted molar refractivity (Wildman–Crippen MR) is 143 cm³/mol. The van der Waals surface area contributed by atoms with Gasteiger partial charge in [0.15, 0.2) is 0 Å². The van der Waals surface area contributed by atoms with Crippen molar-refractivity contribution in [3.63, 3.8) is 0 Å². The Kier molecular flexibility index (Phi) is 11.1. The van der Waals surface area contributed by atoms with E-state index in [2.05, 4.69) is 47.9 Å². The molecule has 196 valence electrons. The molecular formula is C29H47N3O3. The SMILES string of the molecule is CCC(=O)OCCN1CCN(C(CC(C)C)CN(C(=O)CC)c2ccc(C3CCCC3)cc2)CC1. The first-order chi connectivity index (χ1) is 16.9. The number of hydrogen-bond acceptors (Lipinski definition) is 5. The zero-order valence-corrected chi connectivity index (χ0v) is 22.5. The van der Waals surface area contributed by atoms with E-state index < -0.39 is 0 Å². The topological polar surface area (TPSA) is 53.1 Å². The van der Waals surface area contributed by atoms with Gasteiger partial charge in [0.1, 0.15) is 6.61 Å². The Balaban J connectivity index is 1.63. The van der Waals surface area contributed by atoms with Gasteiger partial charge in [-0.05, 0) is 48.8 Å². The zero-order chi connectivity index (χ0) is 25.2. The van der Waals surface area contributed by atoms with Crippen molar-refractivity contribution in [3.8, 4) is 0 Å². The maximum atomic E-state index is 13.1. The summed E-state index contributed by atoms with van der Waals surface area (Å²) in [6.45, 7) is 14.2. The highest BCUT2D eigenvalue weighted by atomic mass is 16.5. The normalized spacial score (nSPS) is 18.7. The van der Waals surface area contributed by atoms with E-state index in [4.69, 9.17) is 4.74 Å². The van der Waals surface area contributed by atoms with Gasteiger partial charge in [0.05, 0.1) is 0 Å². The highest BCUT2D eigenvalue weighted by Gasteiger charge is 2.28. The van der Waals surface area contributed by atoms with Crippen molar-refractivity contribution in [2.24, 2.45) is 5.92 Å². The summed E-state index contributed by atoms with van der Waals surface area (Å²) in [5.74, 6) is 1.33. The molecule has 0 radical (unpaired) electrons. The molecule has 2 aliphatic rings. The second kappa shape index (κ2) is 14.0. The molecule has 1 amide bonds. The van der Waals surface area contributed by atoms with E-state index in [-0.39, 0.29) is 11.9 Å². The third-order valence-electron chi connectivity index (χ3n) is 7.65. The number of carbonyl (C=O) groups excluding carboxylic acids is 2. The van der Waals surface area contributed by atoms with Crippen LogP contribution in [0.5, 0.6) is 0 Å². The first-order valence-corrected chi connectivity index (χ1v) is 13.9. The van der Waals surface area contributed by atoms with Crippen LogP contribution in [-0.2, 0) is 14.3 Å². The quantitative estimate of drug-likeness (QED) is 0.387. The van der Waals surface area contributed by atoms with Crippen LogP contribution in [0.25, 0.3) is 0 Å². The number of carbonyl (C=O) groups is 2. The molecule has 1 aromatic rings. The first kappa shape index (κ1) is 27.7. The Morgan fingerprint density at radius 1 is 1.00 bits per heavy atom. The van der Waals surface area contributed by atoms with Gasteiger partial charge in [-0.1, -0.05) is 52.7 Å². The van der Waals surface area contributed by atoms with E-state index >= 15 is 0 Å². The fourth-order valence-electron chi connectivity index (χ4n) is 5.56. The molecule has 0 aromatic heterocycles. The van der Waals surface area contributed by atoms with Crippen molar-refractivity contribution in [2.45, 2.75) is 84.6 Å². The van der Waals surface area contributed by atoms with Gasteiger partial charge in [0.25, 0.3) is 0 Å². The molecule has 1 heterocycles. The van der Waals surface area contributed by atoms with Crippen LogP contribution in [0.3, 0.4) is 0 Å². The predicted octanol–water partition coefficient (Wildman–Crippen LogP) is 5.07. The van der Waals surface area contributed by atoms with Gasteiger partial charge in [0.2, 0.25) is 5.91 Å². The van der Waals surface area contributed by atoms with E-state index in [0.29, 0.717) is 37.3 Å². The average molecular weight is 486 g/mol. The number of rotatable bonds is 12. The highest BCUT2D eigenvalue weighted by molar-refractivity contribution is 5.93. The molecule has 1 aliphatic heterocycles. The fourth-order valence-corrected chi connectivity index (χ4v) is 5.56. The van der Waals surface area contributed by atoms with Crippen LogP contribution in [0.15, 0.2) is 24.3 Å². The summed E-state index contributed by atoms with van der Waals surface area (Å²) in [5, 5.41) is 0. The van der Waals surface area contributed by atoms with Gasteiger partial charge in [-0.15, -0.1) is 0 Å². The molecule has 35 heavy (non-hydrogen) atoms. The third kappa shape index (κ3) is 8.32. The molecule has 6 heteroatoms. The molecule has 1 saturated carbocycles. The smallest absolute Gasteiger partial charge is 0.305 e. The maximum absolute atomic E-state index is 13.1. The third-order valence-corrected chi connectivity index (χ3v) is 7.65. The van der Waals surface area contributed by atoms with Crippen LogP contribution in [-0.4, -0.2) is 73.6 Å². The molecule has 6 nitrogen and oxygen atoms in total. The fraction of sp³-hybridized carbons (Fsp3) is 0.724. The monoisotopic (exact) mass is 485 g/mol. The molecule has 1 saturated heterocycles. The van der Waals surface area contributed by atoms with E-state index in [0.717, 1.165) is 51.4 Å². The Morgan fingerprint density at radius 3 is 2.23 bits per heavy atom. The summed E-state index contributed by atoms with van der Waals surface area (Å²) in [5.41, 5.74) is 2.46. The van der Waals surface area contributed by atoms with Gasteiger partial charge in [0, 0.05) is 63.8 Å². The van der Waals surface area contributed by atoms with E-state index in [1.807, 2.05) is 18.7 Å². The number of anilines is 1. The van der Waals surface area contributed by atoms with Crippen LogP contribution in [0.4, 0.5) is 5.69 Å². The lowest BCUT2D eigenvalue weighted by molar-refractivity contribution is -0.143. The van der Waals surface area contributed by atoms with Crippen molar-refractivity contribution in [1.82, 2.24) is 9.80 Å². The van der Waals surface area contributed by atoms with Crippen LogP contribution in [0.1, 0.15) is 84.1 Å². The minimum Gasteiger partial charge on any atom is -0.464 e. The Hall–Kier alpha value is -1.92. The molecule has 1 unspecified atom stereocenters. The molecule has 1 aromatic carbocycles. The van der Waals surface area contributed by atoms with E-state index in [9.17, 15) is 9.59 Å². The Morgan fingerprint density at radius 2 is 1.66 bits per heavy atom. The van der Waals surface area contributed by atoms with Gasteiger partial charge in [-0.25, -0.2) is 0 Å². The highest BCUT2D eigenvalue weighted by Crippen LogP contribution is 2.35. The van der Waals surface area contributed by atoms with E-state index in [1.165, 1.54) is 31.2 Å². The lowest BCUT2D eigenvalue weighted by Crippen LogP contribution is -2.54.